The first-order chi connectivity index (χ1) is 31.4. The van der Waals surface area contributed by atoms with Gasteiger partial charge in [-0.1, -0.05) is 32.1 Å². The molecule has 4 aliphatic rings. The molecule has 6 rings (SSSR count). The quantitative estimate of drug-likeness (QED) is 0.211. The predicted octanol–water partition coefficient (Wildman–Crippen LogP) is 5.01. The fraction of sp³-hybridized carbons (Fsp3) is 0.630. The summed E-state index contributed by atoms with van der Waals surface area (Å²) in [6.07, 6.45) is -2.47. The Morgan fingerprint density at radius 2 is 1.73 bits per heavy atom. The van der Waals surface area contributed by atoms with Crippen LogP contribution in [0.25, 0.3) is 11.1 Å². The summed E-state index contributed by atoms with van der Waals surface area (Å²) in [6.45, 7) is 2.97. The van der Waals surface area contributed by atoms with Crippen LogP contribution in [-0.2, 0) is 42.2 Å². The Morgan fingerprint density at radius 1 is 1.03 bits per heavy atom. The molecule has 0 spiro atoms. The molecule has 2 saturated carbocycles. The maximum atomic E-state index is 14.9. The first kappa shape index (κ1) is 50.9. The van der Waals surface area contributed by atoms with Crippen LogP contribution >= 0.6 is 0 Å². The number of halogens is 7. The van der Waals surface area contributed by atoms with Gasteiger partial charge in [0, 0.05) is 65.1 Å². The van der Waals surface area contributed by atoms with Gasteiger partial charge in [0.1, 0.15) is 42.2 Å². The van der Waals surface area contributed by atoms with Crippen molar-refractivity contribution in [1.29, 1.82) is 0 Å². The molecule has 1 aromatic carbocycles. The van der Waals surface area contributed by atoms with Crippen molar-refractivity contribution in [2.24, 2.45) is 24.3 Å². The Kier molecular flexibility index (Phi) is 15.5. The second-order valence-corrected chi connectivity index (χ2v) is 18.9. The number of aryl methyl sites for hydroxylation is 1. The van der Waals surface area contributed by atoms with Crippen molar-refractivity contribution in [3.63, 3.8) is 0 Å². The zero-order valence-electron chi connectivity index (χ0n) is 38.2. The van der Waals surface area contributed by atoms with Crippen molar-refractivity contribution in [2.45, 2.75) is 133 Å². The highest BCUT2D eigenvalue weighted by Crippen LogP contribution is 2.61. The lowest BCUT2D eigenvalue weighted by atomic mass is 9.64. The topological polar surface area (TPSA) is 166 Å². The number of likely N-dealkylation sites (N-methyl/N-ethyl adjacent to an activating group) is 2. The molecule has 0 radical (unpaired) electrons. The summed E-state index contributed by atoms with van der Waals surface area (Å²) in [7, 11) is 4.46. The van der Waals surface area contributed by atoms with E-state index in [0.29, 0.717) is 53.7 Å². The van der Waals surface area contributed by atoms with Crippen LogP contribution in [-0.4, -0.2) is 136 Å². The number of alkyl halides is 6. The lowest BCUT2D eigenvalue weighted by Gasteiger charge is -2.48. The number of nitrogens with one attached hydrogen (secondary N) is 3. The van der Waals surface area contributed by atoms with Gasteiger partial charge < -0.3 is 30.7 Å². The smallest absolute Gasteiger partial charge is 0.354 e. The summed E-state index contributed by atoms with van der Waals surface area (Å²) in [5.74, 6) is -10.7. The third-order valence-corrected chi connectivity index (χ3v) is 13.2. The third-order valence-electron chi connectivity index (χ3n) is 13.2. The standard InChI is InChI=1S/C46H59F7N8O6/c1-26(2)17-33-41(65)60(5)35(19-28-18-30(47)14-15-32(28)29-21-55-58(3)22-29)38(62)54-16-10-8-6-7-9-11-34(39(63)56-33)59(4)42(66)37(27-12-13-27)57-40(64)36-20-31(48)23-61(36)43(67)44(46(51,52)53)24-45(49,50)25-44/h7,9,14-15,18,21-22,26-27,31,33-37H,6,8,10-13,16-17,19-20,23-25H2,1-5H3,(H,54,62)(H,56,63)(H,57,64)/b9-7+/t31-,33+,34+,35+,36+,37+/m1/s1. The summed E-state index contributed by atoms with van der Waals surface area (Å²) >= 11 is 0. The van der Waals surface area contributed by atoms with Crippen molar-refractivity contribution in [1.82, 2.24) is 40.4 Å². The number of allylic oxidation sites excluding steroid dienone is 1. The average molecular weight is 953 g/mol. The van der Waals surface area contributed by atoms with Crippen molar-refractivity contribution in [3.05, 3.63) is 54.1 Å². The van der Waals surface area contributed by atoms with Gasteiger partial charge >= 0.3 is 6.18 Å². The molecular formula is C46H59F7N8O6. The molecule has 0 unspecified atom stereocenters. The SMILES string of the molecule is CC(C)C[C@@H]1NC(=O)[C@@H](N(C)C(=O)[C@@H](NC(=O)[C@@H]2C[C@@H](F)CN2C(=O)C2(C(F)(F)F)CC(F)(F)C2)C2CC2)C/C=C/CCCCNC(=O)[C@H](Cc2cc(F)ccc2-c2cnn(C)c2)N(C)C1=O. The van der Waals surface area contributed by atoms with E-state index in [-0.39, 0.29) is 31.7 Å². The van der Waals surface area contributed by atoms with Gasteiger partial charge in [-0.3, -0.25) is 33.4 Å². The molecule has 14 nitrogen and oxygen atoms in total. The molecule has 21 heteroatoms. The van der Waals surface area contributed by atoms with E-state index in [2.05, 4.69) is 21.0 Å². The van der Waals surface area contributed by atoms with Crippen LogP contribution in [0.15, 0.2) is 42.7 Å². The van der Waals surface area contributed by atoms with Gasteiger partial charge in [-0.2, -0.15) is 18.3 Å². The zero-order chi connectivity index (χ0) is 49.2. The fourth-order valence-corrected chi connectivity index (χ4v) is 9.32. The molecular weight excluding hydrogens is 894 g/mol. The van der Waals surface area contributed by atoms with E-state index >= 15 is 0 Å². The van der Waals surface area contributed by atoms with Gasteiger partial charge in [-0.25, -0.2) is 17.6 Å². The molecule has 6 atom stereocenters. The van der Waals surface area contributed by atoms with Crippen LogP contribution in [0.1, 0.15) is 83.6 Å². The number of amides is 6. The Balaban J connectivity index is 1.24. The number of aromatic nitrogens is 2. The maximum Gasteiger partial charge on any atom is 0.403 e. The van der Waals surface area contributed by atoms with E-state index < -0.39 is 127 Å². The lowest BCUT2D eigenvalue weighted by molar-refractivity contribution is -0.299. The molecule has 1 aromatic heterocycles. The van der Waals surface area contributed by atoms with Crippen molar-refractivity contribution < 1.29 is 59.5 Å². The number of hydrogen-bond acceptors (Lipinski definition) is 7. The first-order valence-electron chi connectivity index (χ1n) is 22.7. The van der Waals surface area contributed by atoms with Crippen molar-refractivity contribution in [3.8, 4) is 11.1 Å². The largest absolute Gasteiger partial charge is 0.403 e. The predicted molar refractivity (Wildman–Crippen MR) is 230 cm³/mol. The highest BCUT2D eigenvalue weighted by Gasteiger charge is 2.75. The summed E-state index contributed by atoms with van der Waals surface area (Å²) in [6, 6.07) is -2.73. The van der Waals surface area contributed by atoms with Crippen LogP contribution < -0.4 is 16.0 Å². The van der Waals surface area contributed by atoms with E-state index in [9.17, 15) is 59.5 Å². The van der Waals surface area contributed by atoms with Crippen LogP contribution in [0, 0.1) is 23.1 Å². The summed E-state index contributed by atoms with van der Waals surface area (Å²) in [5.41, 5.74) is -1.81. The van der Waals surface area contributed by atoms with Crippen LogP contribution in [0.5, 0.6) is 0 Å². The van der Waals surface area contributed by atoms with Gasteiger partial charge in [-0.05, 0) is 80.0 Å². The van der Waals surface area contributed by atoms with Crippen molar-refractivity contribution in [2.75, 3.05) is 27.2 Å². The highest BCUT2D eigenvalue weighted by atomic mass is 19.4. The number of carbonyl (C=O) groups excluding carboxylic acids is 6. The number of likely N-dealkylation sites (tertiary alicyclic amines) is 1. The van der Waals surface area contributed by atoms with Gasteiger partial charge in [0.25, 0.3) is 5.92 Å². The molecule has 2 aromatic rings. The van der Waals surface area contributed by atoms with E-state index in [0.717, 1.165) is 4.90 Å². The Morgan fingerprint density at radius 3 is 2.34 bits per heavy atom. The summed E-state index contributed by atoms with van der Waals surface area (Å²) in [5, 5.41) is 12.4. The number of carbonyl (C=O) groups is 6. The number of nitrogens with zero attached hydrogens (tertiary/aromatic N) is 5. The van der Waals surface area contributed by atoms with E-state index in [1.807, 2.05) is 13.8 Å². The molecule has 1 saturated heterocycles. The molecule has 3 fully saturated rings. The number of rotatable bonds is 11. The van der Waals surface area contributed by atoms with Gasteiger partial charge in [0.15, 0.2) is 5.41 Å². The van der Waals surface area contributed by atoms with Crippen LogP contribution in [0.4, 0.5) is 30.7 Å². The second kappa shape index (κ2) is 20.4. The monoisotopic (exact) mass is 952 g/mol. The van der Waals surface area contributed by atoms with E-state index in [1.165, 1.54) is 31.1 Å². The Hall–Kier alpha value is -5.50. The average Bonchev–Trinajstić information content (AvgIpc) is 3.87. The Labute approximate surface area is 384 Å². The molecule has 2 aliphatic carbocycles. The maximum absolute atomic E-state index is 14.9. The Bertz CT molecular complexity index is 2200. The summed E-state index contributed by atoms with van der Waals surface area (Å²) < 4.78 is 102. The molecule has 0 bridgehead atoms. The first-order valence-corrected chi connectivity index (χ1v) is 22.7. The van der Waals surface area contributed by atoms with E-state index in [4.69, 9.17) is 0 Å². The van der Waals surface area contributed by atoms with Crippen molar-refractivity contribution >= 4 is 35.4 Å². The second-order valence-electron chi connectivity index (χ2n) is 18.9. The normalized spacial score (nSPS) is 26.0. The fourth-order valence-electron chi connectivity index (χ4n) is 9.32. The molecule has 368 valence electrons. The van der Waals surface area contributed by atoms with Crippen LogP contribution in [0.3, 0.4) is 0 Å². The minimum absolute atomic E-state index is 0.0491. The third kappa shape index (κ3) is 11.6. The van der Waals surface area contributed by atoms with Gasteiger partial charge in [0.05, 0.1) is 12.7 Å². The highest BCUT2D eigenvalue weighted by molar-refractivity contribution is 5.97. The minimum atomic E-state index is -5.41. The van der Waals surface area contributed by atoms with E-state index in [1.54, 1.807) is 42.3 Å². The number of hydrogen-bond donors (Lipinski definition) is 3. The van der Waals surface area contributed by atoms with Gasteiger partial charge in [0.2, 0.25) is 35.4 Å². The van der Waals surface area contributed by atoms with Crippen LogP contribution in [0.2, 0.25) is 0 Å². The lowest BCUT2D eigenvalue weighted by Crippen LogP contribution is -2.65. The zero-order valence-corrected chi connectivity index (χ0v) is 38.2. The molecule has 3 N–H and O–H groups in total. The molecule has 67 heavy (non-hydrogen) atoms. The summed E-state index contributed by atoms with van der Waals surface area (Å²) in [4.78, 5) is 87.3. The van der Waals surface area contributed by atoms with Gasteiger partial charge in [-0.15, -0.1) is 0 Å². The molecule has 6 amide bonds. The minimum Gasteiger partial charge on any atom is -0.354 e. The number of benzene rings is 1. The molecule has 3 heterocycles. The molecule has 2 aliphatic heterocycles.